The second kappa shape index (κ2) is 10.8. The Morgan fingerprint density at radius 2 is 1.89 bits per heavy atom. The summed E-state index contributed by atoms with van der Waals surface area (Å²) < 4.78 is 11.2. The second-order valence-corrected chi connectivity index (χ2v) is 6.39. The minimum absolute atomic E-state index is 0.288. The summed E-state index contributed by atoms with van der Waals surface area (Å²) in [5.41, 5.74) is 3.81. The van der Waals surface area contributed by atoms with Gasteiger partial charge < -0.3 is 9.47 Å². The van der Waals surface area contributed by atoms with Gasteiger partial charge in [-0.2, -0.15) is 5.10 Å². The average Bonchev–Trinajstić information content (AvgIpc) is 2.67. The summed E-state index contributed by atoms with van der Waals surface area (Å²) in [6.45, 7) is 9.01. The Bertz CT molecular complexity index is 767. The molecular weight excluding hydrogens is 340 g/mol. The first-order valence-corrected chi connectivity index (χ1v) is 8.99. The van der Waals surface area contributed by atoms with Crippen LogP contribution >= 0.6 is 0 Å². The summed E-state index contributed by atoms with van der Waals surface area (Å²) in [7, 11) is 0. The number of rotatable bonds is 10. The monoisotopic (exact) mass is 366 g/mol. The van der Waals surface area contributed by atoms with E-state index in [1.54, 1.807) is 36.6 Å². The summed E-state index contributed by atoms with van der Waals surface area (Å²) in [4.78, 5) is 12.2. The molecule has 0 radical (unpaired) electrons. The normalized spacial score (nSPS) is 10.8. The van der Waals surface area contributed by atoms with Crippen molar-refractivity contribution in [2.24, 2.45) is 11.0 Å². The Balaban J connectivity index is 1.90. The van der Waals surface area contributed by atoms with Crippen molar-refractivity contribution in [1.29, 1.82) is 0 Å². The highest BCUT2D eigenvalue weighted by atomic mass is 16.5. The lowest BCUT2D eigenvalue weighted by molar-refractivity contribution is 0.0955. The van der Waals surface area contributed by atoms with Crippen LogP contribution in [0.1, 0.15) is 36.2 Å². The van der Waals surface area contributed by atoms with Crippen LogP contribution in [0.3, 0.4) is 0 Å². The van der Waals surface area contributed by atoms with Gasteiger partial charge in [-0.1, -0.05) is 38.6 Å². The van der Waals surface area contributed by atoms with Crippen molar-refractivity contribution in [2.45, 2.75) is 20.3 Å². The van der Waals surface area contributed by atoms with E-state index in [2.05, 4.69) is 31.0 Å². The zero-order chi connectivity index (χ0) is 19.5. The maximum atomic E-state index is 12.2. The van der Waals surface area contributed by atoms with Crippen molar-refractivity contribution >= 4 is 12.1 Å². The van der Waals surface area contributed by atoms with Gasteiger partial charge in [0.15, 0.2) is 0 Å². The van der Waals surface area contributed by atoms with Gasteiger partial charge in [0.05, 0.1) is 12.8 Å². The number of para-hydroxylation sites is 1. The third-order valence-corrected chi connectivity index (χ3v) is 3.73. The van der Waals surface area contributed by atoms with Crippen molar-refractivity contribution in [3.63, 3.8) is 0 Å². The Kier molecular flexibility index (Phi) is 8.10. The van der Waals surface area contributed by atoms with E-state index in [9.17, 15) is 4.79 Å². The van der Waals surface area contributed by atoms with Gasteiger partial charge in [-0.15, -0.1) is 0 Å². The molecule has 5 nitrogen and oxygen atoms in total. The minimum Gasteiger partial charge on any atom is -0.494 e. The van der Waals surface area contributed by atoms with Gasteiger partial charge in [0.2, 0.25) is 0 Å². The Morgan fingerprint density at radius 1 is 1.15 bits per heavy atom. The molecular formula is C22H26N2O3. The standard InChI is InChI=1S/C22H26N2O3/c1-4-14-27-21-8-6-5-7-19(21)16-23-24-22(25)18-9-11-20(12-10-18)26-15-13-17(2)3/h4-12,16-17H,1,13-15H2,2-3H3,(H,24,25)/b23-16+. The molecule has 0 aromatic heterocycles. The number of carbonyl (C=O) groups is 1. The number of hydrogen-bond donors (Lipinski definition) is 1. The van der Waals surface area contributed by atoms with Gasteiger partial charge in [0, 0.05) is 11.1 Å². The van der Waals surface area contributed by atoms with Crippen LogP contribution in [0.5, 0.6) is 11.5 Å². The van der Waals surface area contributed by atoms with Crippen molar-refractivity contribution < 1.29 is 14.3 Å². The van der Waals surface area contributed by atoms with Crippen LogP contribution in [-0.4, -0.2) is 25.3 Å². The molecule has 2 aromatic rings. The fourth-order valence-electron chi connectivity index (χ4n) is 2.21. The smallest absolute Gasteiger partial charge is 0.271 e. The molecule has 0 aliphatic heterocycles. The summed E-state index contributed by atoms with van der Waals surface area (Å²) in [5.74, 6) is 1.74. The first-order chi connectivity index (χ1) is 13.1. The lowest BCUT2D eigenvalue weighted by Gasteiger charge is -2.08. The lowest BCUT2D eigenvalue weighted by Crippen LogP contribution is -2.17. The zero-order valence-corrected chi connectivity index (χ0v) is 15.9. The van der Waals surface area contributed by atoms with E-state index in [4.69, 9.17) is 9.47 Å². The van der Waals surface area contributed by atoms with Gasteiger partial charge in [-0.25, -0.2) is 5.43 Å². The maximum Gasteiger partial charge on any atom is 0.271 e. The summed E-state index contributed by atoms with van der Waals surface area (Å²) >= 11 is 0. The molecule has 1 N–H and O–H groups in total. The van der Waals surface area contributed by atoms with E-state index in [0.717, 1.165) is 17.7 Å². The molecule has 0 saturated heterocycles. The predicted molar refractivity (Wildman–Crippen MR) is 109 cm³/mol. The maximum absolute atomic E-state index is 12.2. The van der Waals surface area contributed by atoms with E-state index in [1.807, 2.05) is 24.3 Å². The molecule has 0 aliphatic carbocycles. The summed E-state index contributed by atoms with van der Waals surface area (Å²) in [5, 5.41) is 4.02. The number of ether oxygens (including phenoxy) is 2. The van der Waals surface area contributed by atoms with Crippen molar-refractivity contribution in [3.05, 3.63) is 72.3 Å². The average molecular weight is 366 g/mol. The van der Waals surface area contributed by atoms with E-state index in [0.29, 0.717) is 30.4 Å². The third-order valence-electron chi connectivity index (χ3n) is 3.73. The summed E-state index contributed by atoms with van der Waals surface area (Å²) in [6, 6.07) is 14.5. The van der Waals surface area contributed by atoms with Gasteiger partial charge in [-0.05, 0) is 48.7 Å². The molecule has 1 amide bonds. The van der Waals surface area contributed by atoms with Crippen molar-refractivity contribution in [1.82, 2.24) is 5.43 Å². The van der Waals surface area contributed by atoms with Crippen LogP contribution in [0.25, 0.3) is 0 Å². The molecule has 5 heteroatoms. The zero-order valence-electron chi connectivity index (χ0n) is 15.9. The largest absolute Gasteiger partial charge is 0.494 e. The molecule has 2 aromatic carbocycles. The number of nitrogens with zero attached hydrogens (tertiary/aromatic N) is 1. The highest BCUT2D eigenvalue weighted by molar-refractivity contribution is 5.95. The highest BCUT2D eigenvalue weighted by Crippen LogP contribution is 2.16. The Morgan fingerprint density at radius 3 is 2.59 bits per heavy atom. The highest BCUT2D eigenvalue weighted by Gasteiger charge is 2.05. The topological polar surface area (TPSA) is 59.9 Å². The molecule has 0 aliphatic rings. The fourth-order valence-corrected chi connectivity index (χ4v) is 2.21. The number of benzene rings is 2. The lowest BCUT2D eigenvalue weighted by atomic mass is 10.1. The molecule has 0 spiro atoms. The van der Waals surface area contributed by atoms with Gasteiger partial charge in [0.25, 0.3) is 5.91 Å². The van der Waals surface area contributed by atoms with E-state index < -0.39 is 0 Å². The molecule has 0 bridgehead atoms. The van der Waals surface area contributed by atoms with E-state index in [-0.39, 0.29) is 5.91 Å². The first-order valence-electron chi connectivity index (χ1n) is 8.99. The predicted octanol–water partition coefficient (Wildman–Crippen LogP) is 4.44. The molecule has 0 atom stereocenters. The molecule has 0 fully saturated rings. The van der Waals surface area contributed by atoms with Crippen molar-refractivity contribution in [3.8, 4) is 11.5 Å². The van der Waals surface area contributed by atoms with Crippen LogP contribution < -0.4 is 14.9 Å². The number of hydrazone groups is 1. The van der Waals surface area contributed by atoms with Crippen molar-refractivity contribution in [2.75, 3.05) is 13.2 Å². The Labute approximate surface area is 160 Å². The van der Waals surface area contributed by atoms with Gasteiger partial charge in [0.1, 0.15) is 18.1 Å². The molecule has 0 saturated carbocycles. The van der Waals surface area contributed by atoms with Gasteiger partial charge >= 0.3 is 0 Å². The molecule has 2 rings (SSSR count). The van der Waals surface area contributed by atoms with Crippen LogP contribution in [0.4, 0.5) is 0 Å². The molecule has 0 heterocycles. The number of nitrogens with one attached hydrogen (secondary N) is 1. The number of carbonyl (C=O) groups excluding carboxylic acids is 1. The van der Waals surface area contributed by atoms with E-state index >= 15 is 0 Å². The van der Waals surface area contributed by atoms with Gasteiger partial charge in [-0.3, -0.25) is 4.79 Å². The van der Waals surface area contributed by atoms with E-state index in [1.165, 1.54) is 0 Å². The second-order valence-electron chi connectivity index (χ2n) is 6.39. The third kappa shape index (κ3) is 6.98. The molecule has 142 valence electrons. The number of hydrogen-bond acceptors (Lipinski definition) is 4. The van der Waals surface area contributed by atoms with Crippen LogP contribution in [0, 0.1) is 5.92 Å². The Hall–Kier alpha value is -3.08. The number of amides is 1. The quantitative estimate of drug-likeness (QED) is 0.384. The fraction of sp³-hybridized carbons (Fsp3) is 0.273. The minimum atomic E-state index is -0.288. The van der Waals surface area contributed by atoms with Crippen LogP contribution in [-0.2, 0) is 0 Å². The van der Waals surface area contributed by atoms with Crippen LogP contribution in [0.2, 0.25) is 0 Å². The SMILES string of the molecule is C=CCOc1ccccc1/C=N/NC(=O)c1ccc(OCCC(C)C)cc1. The van der Waals surface area contributed by atoms with Crippen LogP contribution in [0.15, 0.2) is 66.3 Å². The first kappa shape index (κ1) is 20.2. The molecule has 0 unspecified atom stereocenters. The summed E-state index contributed by atoms with van der Waals surface area (Å²) in [6.07, 6.45) is 4.22. The molecule has 27 heavy (non-hydrogen) atoms.